The predicted octanol–water partition coefficient (Wildman–Crippen LogP) is 3.46. The van der Waals surface area contributed by atoms with Gasteiger partial charge >= 0.3 is 0 Å². The van der Waals surface area contributed by atoms with Crippen LogP contribution in [0.3, 0.4) is 0 Å². The molecule has 4 heteroatoms. The number of hydrogen-bond acceptors (Lipinski definition) is 1. The third-order valence-corrected chi connectivity index (χ3v) is 2.84. The second-order valence-corrected chi connectivity index (χ2v) is 4.20. The molecule has 1 unspecified atom stereocenters. The van der Waals surface area contributed by atoms with Gasteiger partial charge in [0.05, 0.1) is 6.04 Å². The molecule has 1 atom stereocenters. The molecule has 0 radical (unpaired) electrons. The summed E-state index contributed by atoms with van der Waals surface area (Å²) in [5, 5.41) is 2.58. The van der Waals surface area contributed by atoms with E-state index in [2.05, 4.69) is 5.32 Å². The van der Waals surface area contributed by atoms with Crippen LogP contribution in [0.15, 0.2) is 48.5 Å². The first-order chi connectivity index (χ1) is 9.09. The lowest BCUT2D eigenvalue weighted by molar-refractivity contribution is 0.0931. The van der Waals surface area contributed by atoms with Crippen LogP contribution in [0.2, 0.25) is 0 Å². The van der Waals surface area contributed by atoms with Gasteiger partial charge in [-0.25, -0.2) is 8.78 Å². The molecular formula is C15H13F2NO. The van der Waals surface area contributed by atoms with Crippen molar-refractivity contribution in [3.05, 3.63) is 71.3 Å². The van der Waals surface area contributed by atoms with E-state index in [1.54, 1.807) is 6.92 Å². The number of halogens is 2. The molecule has 0 aliphatic heterocycles. The molecule has 2 rings (SSSR count). The lowest BCUT2D eigenvalue weighted by Gasteiger charge is -2.14. The average Bonchev–Trinajstić information content (AvgIpc) is 2.39. The third-order valence-electron chi connectivity index (χ3n) is 2.84. The molecule has 2 aromatic carbocycles. The summed E-state index contributed by atoms with van der Waals surface area (Å²) in [7, 11) is 0. The molecule has 0 aliphatic rings. The maximum atomic E-state index is 13.5. The Morgan fingerprint density at radius 3 is 2.16 bits per heavy atom. The summed E-state index contributed by atoms with van der Waals surface area (Å²) in [6.07, 6.45) is 0. The van der Waals surface area contributed by atoms with Crippen molar-refractivity contribution in [2.24, 2.45) is 0 Å². The maximum absolute atomic E-state index is 13.5. The summed E-state index contributed by atoms with van der Waals surface area (Å²) >= 11 is 0. The van der Waals surface area contributed by atoms with Gasteiger partial charge in [0.2, 0.25) is 0 Å². The SMILES string of the molecule is CC(NC(=O)c1c(F)cccc1F)c1ccccc1. The molecule has 2 aromatic rings. The van der Waals surface area contributed by atoms with Crippen LogP contribution >= 0.6 is 0 Å². The van der Waals surface area contributed by atoms with Crippen LogP contribution in [-0.2, 0) is 0 Å². The van der Waals surface area contributed by atoms with Gasteiger partial charge in [0, 0.05) is 0 Å². The van der Waals surface area contributed by atoms with Crippen molar-refractivity contribution in [3.63, 3.8) is 0 Å². The second-order valence-electron chi connectivity index (χ2n) is 4.20. The zero-order valence-electron chi connectivity index (χ0n) is 10.4. The van der Waals surface area contributed by atoms with Gasteiger partial charge < -0.3 is 5.32 Å². The van der Waals surface area contributed by atoms with E-state index in [9.17, 15) is 13.6 Å². The highest BCUT2D eigenvalue weighted by atomic mass is 19.1. The first-order valence-electron chi connectivity index (χ1n) is 5.89. The van der Waals surface area contributed by atoms with Crippen LogP contribution in [0, 0.1) is 11.6 Å². The Morgan fingerprint density at radius 1 is 1.00 bits per heavy atom. The van der Waals surface area contributed by atoms with Gasteiger partial charge in [0.1, 0.15) is 17.2 Å². The molecule has 0 spiro atoms. The fourth-order valence-corrected chi connectivity index (χ4v) is 1.81. The van der Waals surface area contributed by atoms with Crippen molar-refractivity contribution in [3.8, 4) is 0 Å². The summed E-state index contributed by atoms with van der Waals surface area (Å²) < 4.78 is 26.9. The predicted molar refractivity (Wildman–Crippen MR) is 68.7 cm³/mol. The van der Waals surface area contributed by atoms with E-state index in [0.29, 0.717) is 0 Å². The zero-order valence-corrected chi connectivity index (χ0v) is 10.4. The van der Waals surface area contributed by atoms with Gasteiger partial charge in [0.25, 0.3) is 5.91 Å². The van der Waals surface area contributed by atoms with Crippen LogP contribution in [0.1, 0.15) is 28.9 Å². The lowest BCUT2D eigenvalue weighted by Crippen LogP contribution is -2.28. The standard InChI is InChI=1S/C15H13F2NO/c1-10(11-6-3-2-4-7-11)18-15(19)14-12(16)8-5-9-13(14)17/h2-10H,1H3,(H,18,19). The highest BCUT2D eigenvalue weighted by Gasteiger charge is 2.18. The fraction of sp³-hybridized carbons (Fsp3) is 0.133. The van der Waals surface area contributed by atoms with E-state index in [1.165, 1.54) is 6.07 Å². The van der Waals surface area contributed by atoms with E-state index < -0.39 is 23.1 Å². The molecule has 0 saturated carbocycles. The van der Waals surface area contributed by atoms with Crippen LogP contribution in [0.4, 0.5) is 8.78 Å². The topological polar surface area (TPSA) is 29.1 Å². The van der Waals surface area contributed by atoms with Crippen molar-refractivity contribution in [2.75, 3.05) is 0 Å². The minimum absolute atomic E-state index is 0.326. The molecule has 0 bridgehead atoms. The molecule has 98 valence electrons. The highest BCUT2D eigenvalue weighted by Crippen LogP contribution is 2.15. The van der Waals surface area contributed by atoms with Crippen molar-refractivity contribution in [1.29, 1.82) is 0 Å². The smallest absolute Gasteiger partial charge is 0.257 e. The van der Waals surface area contributed by atoms with Crippen LogP contribution in [0.5, 0.6) is 0 Å². The number of amides is 1. The second kappa shape index (κ2) is 5.61. The number of rotatable bonds is 3. The number of hydrogen-bond donors (Lipinski definition) is 1. The number of benzene rings is 2. The Labute approximate surface area is 110 Å². The molecule has 1 N–H and O–H groups in total. The average molecular weight is 261 g/mol. The fourth-order valence-electron chi connectivity index (χ4n) is 1.81. The Balaban J connectivity index is 2.18. The first-order valence-corrected chi connectivity index (χ1v) is 5.89. The van der Waals surface area contributed by atoms with Crippen molar-refractivity contribution in [1.82, 2.24) is 5.32 Å². The normalized spacial score (nSPS) is 11.9. The lowest BCUT2D eigenvalue weighted by atomic mass is 10.1. The largest absolute Gasteiger partial charge is 0.345 e. The molecule has 0 saturated heterocycles. The minimum Gasteiger partial charge on any atom is -0.345 e. The number of carbonyl (C=O) groups excluding carboxylic acids is 1. The van der Waals surface area contributed by atoms with Gasteiger partial charge in [-0.05, 0) is 24.6 Å². The quantitative estimate of drug-likeness (QED) is 0.900. The Kier molecular flexibility index (Phi) is 3.90. The minimum atomic E-state index is -0.863. The van der Waals surface area contributed by atoms with Crippen LogP contribution < -0.4 is 5.32 Å². The van der Waals surface area contributed by atoms with Crippen LogP contribution in [-0.4, -0.2) is 5.91 Å². The van der Waals surface area contributed by atoms with E-state index in [1.807, 2.05) is 30.3 Å². The molecule has 1 amide bonds. The Bertz CT molecular complexity index is 564. The van der Waals surface area contributed by atoms with Crippen molar-refractivity contribution >= 4 is 5.91 Å². The monoisotopic (exact) mass is 261 g/mol. The summed E-state index contributed by atoms with van der Waals surface area (Å²) in [6, 6.07) is 12.2. The van der Waals surface area contributed by atoms with E-state index in [0.717, 1.165) is 17.7 Å². The van der Waals surface area contributed by atoms with E-state index in [-0.39, 0.29) is 6.04 Å². The molecule has 0 aliphatic carbocycles. The van der Waals surface area contributed by atoms with Gasteiger partial charge in [-0.15, -0.1) is 0 Å². The molecule has 0 heterocycles. The Hall–Kier alpha value is -2.23. The van der Waals surface area contributed by atoms with Gasteiger partial charge in [-0.2, -0.15) is 0 Å². The zero-order chi connectivity index (χ0) is 13.8. The first kappa shape index (κ1) is 13.2. The van der Waals surface area contributed by atoms with Gasteiger partial charge in [-0.1, -0.05) is 36.4 Å². The molecule has 0 fully saturated rings. The van der Waals surface area contributed by atoms with Gasteiger partial charge in [-0.3, -0.25) is 4.79 Å². The number of carbonyl (C=O) groups is 1. The van der Waals surface area contributed by atoms with Crippen LogP contribution in [0.25, 0.3) is 0 Å². The molecule has 2 nitrogen and oxygen atoms in total. The summed E-state index contributed by atoms with van der Waals surface area (Å²) in [6.45, 7) is 1.76. The Morgan fingerprint density at radius 2 is 1.58 bits per heavy atom. The maximum Gasteiger partial charge on any atom is 0.257 e. The molecule has 0 aromatic heterocycles. The third kappa shape index (κ3) is 2.96. The summed E-state index contributed by atoms with van der Waals surface area (Å²) in [5.41, 5.74) is 0.317. The molecule has 19 heavy (non-hydrogen) atoms. The van der Waals surface area contributed by atoms with Crippen molar-refractivity contribution < 1.29 is 13.6 Å². The molecular weight excluding hydrogens is 248 g/mol. The van der Waals surface area contributed by atoms with E-state index in [4.69, 9.17) is 0 Å². The summed E-state index contributed by atoms with van der Waals surface area (Å²) in [4.78, 5) is 11.9. The number of nitrogens with one attached hydrogen (secondary N) is 1. The summed E-state index contributed by atoms with van der Waals surface area (Å²) in [5.74, 6) is -2.48. The van der Waals surface area contributed by atoms with E-state index >= 15 is 0 Å². The van der Waals surface area contributed by atoms with Gasteiger partial charge in [0.15, 0.2) is 0 Å². The van der Waals surface area contributed by atoms with Crippen molar-refractivity contribution in [2.45, 2.75) is 13.0 Å². The highest BCUT2D eigenvalue weighted by molar-refractivity contribution is 5.95.